The van der Waals surface area contributed by atoms with Gasteiger partial charge >= 0.3 is 0 Å². The minimum absolute atomic E-state index is 0.186. The minimum atomic E-state index is -0.409. The van der Waals surface area contributed by atoms with Crippen LogP contribution in [0.25, 0.3) is 0 Å². The van der Waals surface area contributed by atoms with Crippen molar-refractivity contribution >= 4 is 27.5 Å². The van der Waals surface area contributed by atoms with Gasteiger partial charge in [0.2, 0.25) is 5.91 Å². The average molecular weight is 261 g/mol. The predicted molar refractivity (Wildman–Crippen MR) is 56.4 cm³/mol. The Labute approximate surface area is 89.6 Å². The van der Waals surface area contributed by atoms with Gasteiger partial charge in [0, 0.05) is 17.4 Å². The Morgan fingerprint density at radius 2 is 2.29 bits per heavy atom. The molecule has 0 aliphatic heterocycles. The largest absolute Gasteiger partial charge is 0.382 e. The topological polar surface area (TPSA) is 55.1 Å². The van der Waals surface area contributed by atoms with E-state index in [0.29, 0.717) is 12.2 Å². The number of nitrogens with one attached hydrogen (secondary N) is 1. The van der Waals surface area contributed by atoms with Crippen LogP contribution in [-0.4, -0.2) is 12.5 Å². The van der Waals surface area contributed by atoms with Crippen molar-refractivity contribution in [1.29, 1.82) is 0 Å². The Kier molecular flexibility index (Phi) is 3.88. The summed E-state index contributed by atoms with van der Waals surface area (Å²) in [4.78, 5) is 10.4. The van der Waals surface area contributed by atoms with Crippen LogP contribution in [0.5, 0.6) is 0 Å². The van der Waals surface area contributed by atoms with E-state index in [1.54, 1.807) is 12.1 Å². The first-order valence-electron chi connectivity index (χ1n) is 4.07. The number of amides is 1. The van der Waals surface area contributed by atoms with E-state index in [2.05, 4.69) is 21.2 Å². The molecule has 5 heteroatoms. The number of rotatable bonds is 4. The monoisotopic (exact) mass is 260 g/mol. The molecule has 1 rings (SSSR count). The lowest BCUT2D eigenvalue weighted by Gasteiger charge is -2.06. The van der Waals surface area contributed by atoms with Crippen molar-refractivity contribution < 1.29 is 9.18 Å². The van der Waals surface area contributed by atoms with Crippen molar-refractivity contribution in [3.05, 3.63) is 28.5 Å². The first-order chi connectivity index (χ1) is 6.59. The van der Waals surface area contributed by atoms with Crippen molar-refractivity contribution in [1.82, 2.24) is 0 Å². The summed E-state index contributed by atoms with van der Waals surface area (Å²) in [6.07, 6.45) is 0.186. The molecule has 0 aromatic heterocycles. The summed E-state index contributed by atoms with van der Waals surface area (Å²) in [6, 6.07) is 4.56. The number of carbonyl (C=O) groups is 1. The third kappa shape index (κ3) is 3.33. The van der Waals surface area contributed by atoms with E-state index in [4.69, 9.17) is 5.73 Å². The van der Waals surface area contributed by atoms with Crippen LogP contribution >= 0.6 is 15.9 Å². The fraction of sp³-hybridized carbons (Fsp3) is 0.222. The lowest BCUT2D eigenvalue weighted by Crippen LogP contribution is -2.16. The molecule has 0 heterocycles. The van der Waals surface area contributed by atoms with Gasteiger partial charge in [0.25, 0.3) is 0 Å². The van der Waals surface area contributed by atoms with Crippen LogP contribution in [0.1, 0.15) is 6.42 Å². The van der Waals surface area contributed by atoms with Gasteiger partial charge in [-0.3, -0.25) is 4.79 Å². The van der Waals surface area contributed by atoms with Gasteiger partial charge in [-0.2, -0.15) is 0 Å². The maximum absolute atomic E-state index is 13.1. The number of halogens is 2. The van der Waals surface area contributed by atoms with Crippen LogP contribution in [0.3, 0.4) is 0 Å². The number of hydrogen-bond donors (Lipinski definition) is 2. The van der Waals surface area contributed by atoms with E-state index in [1.807, 2.05) is 0 Å². The van der Waals surface area contributed by atoms with Gasteiger partial charge in [-0.25, -0.2) is 4.39 Å². The van der Waals surface area contributed by atoms with Gasteiger partial charge in [-0.05, 0) is 18.2 Å². The zero-order chi connectivity index (χ0) is 10.6. The van der Waals surface area contributed by atoms with Crippen molar-refractivity contribution in [3.63, 3.8) is 0 Å². The lowest BCUT2D eigenvalue weighted by atomic mass is 10.3. The molecule has 0 saturated heterocycles. The summed E-state index contributed by atoms with van der Waals surface area (Å²) in [5.41, 5.74) is 5.30. The molecule has 0 fully saturated rings. The van der Waals surface area contributed by atoms with Crippen molar-refractivity contribution in [3.8, 4) is 0 Å². The second kappa shape index (κ2) is 4.95. The maximum atomic E-state index is 13.1. The van der Waals surface area contributed by atoms with Gasteiger partial charge in [0.15, 0.2) is 0 Å². The standard InChI is InChI=1S/C9H10BrFN2O/c10-6-1-2-7(11)8(5-6)13-4-3-9(12)14/h1-2,5,13H,3-4H2,(H2,12,14). The summed E-state index contributed by atoms with van der Waals surface area (Å²) in [5.74, 6) is -0.759. The normalized spacial score (nSPS) is 9.86. The van der Waals surface area contributed by atoms with E-state index >= 15 is 0 Å². The molecule has 1 aromatic carbocycles. The molecule has 1 aromatic rings. The Hall–Kier alpha value is -1.10. The minimum Gasteiger partial charge on any atom is -0.382 e. The van der Waals surface area contributed by atoms with Crippen LogP contribution in [0, 0.1) is 5.82 Å². The number of benzene rings is 1. The lowest BCUT2D eigenvalue weighted by molar-refractivity contribution is -0.117. The van der Waals surface area contributed by atoms with Gasteiger partial charge < -0.3 is 11.1 Å². The van der Waals surface area contributed by atoms with Crippen molar-refractivity contribution in [2.75, 3.05) is 11.9 Å². The summed E-state index contributed by atoms with van der Waals surface area (Å²) in [7, 11) is 0. The molecule has 0 aliphatic rings. The molecule has 1 amide bonds. The maximum Gasteiger partial charge on any atom is 0.219 e. The Morgan fingerprint density at radius 3 is 2.93 bits per heavy atom. The molecule has 0 spiro atoms. The van der Waals surface area contributed by atoms with Gasteiger partial charge in [-0.15, -0.1) is 0 Å². The van der Waals surface area contributed by atoms with Crippen molar-refractivity contribution in [2.24, 2.45) is 5.73 Å². The number of hydrogen-bond acceptors (Lipinski definition) is 2. The third-order valence-corrected chi connectivity index (χ3v) is 2.11. The molecule has 0 unspecified atom stereocenters. The number of carbonyl (C=O) groups excluding carboxylic acids is 1. The molecule has 3 nitrogen and oxygen atoms in total. The molecule has 0 atom stereocenters. The van der Waals surface area contributed by atoms with E-state index < -0.39 is 5.91 Å². The Morgan fingerprint density at radius 1 is 1.57 bits per heavy atom. The van der Waals surface area contributed by atoms with Crippen LogP contribution in [0.15, 0.2) is 22.7 Å². The molecule has 3 N–H and O–H groups in total. The second-order valence-electron chi connectivity index (χ2n) is 2.77. The molecule has 0 radical (unpaired) electrons. The highest BCUT2D eigenvalue weighted by Crippen LogP contribution is 2.19. The smallest absolute Gasteiger partial charge is 0.219 e. The first kappa shape index (κ1) is 11.0. The zero-order valence-corrected chi connectivity index (χ0v) is 8.97. The average Bonchev–Trinajstić information content (AvgIpc) is 2.10. The molecule has 0 aliphatic carbocycles. The van der Waals surface area contributed by atoms with Gasteiger partial charge in [0.05, 0.1) is 5.69 Å². The molecular formula is C9H10BrFN2O. The highest BCUT2D eigenvalue weighted by atomic mass is 79.9. The Balaban J connectivity index is 2.57. The number of primary amides is 1. The van der Waals surface area contributed by atoms with E-state index in [1.165, 1.54) is 6.07 Å². The zero-order valence-electron chi connectivity index (χ0n) is 7.39. The van der Waals surface area contributed by atoms with Gasteiger partial charge in [0.1, 0.15) is 5.82 Å². The molecular weight excluding hydrogens is 251 g/mol. The Bertz CT molecular complexity index is 344. The van der Waals surface area contributed by atoms with Crippen LogP contribution < -0.4 is 11.1 Å². The third-order valence-electron chi connectivity index (χ3n) is 1.62. The van der Waals surface area contributed by atoms with E-state index in [-0.39, 0.29) is 12.2 Å². The predicted octanol–water partition coefficient (Wildman–Crippen LogP) is 1.88. The second-order valence-corrected chi connectivity index (χ2v) is 3.68. The van der Waals surface area contributed by atoms with E-state index in [0.717, 1.165) is 4.47 Å². The van der Waals surface area contributed by atoms with Crippen LogP contribution in [0.2, 0.25) is 0 Å². The highest BCUT2D eigenvalue weighted by molar-refractivity contribution is 9.10. The van der Waals surface area contributed by atoms with Gasteiger partial charge in [-0.1, -0.05) is 15.9 Å². The van der Waals surface area contributed by atoms with E-state index in [9.17, 15) is 9.18 Å². The highest BCUT2D eigenvalue weighted by Gasteiger charge is 2.02. The SMILES string of the molecule is NC(=O)CCNc1cc(Br)ccc1F. The fourth-order valence-corrected chi connectivity index (χ4v) is 1.31. The summed E-state index contributed by atoms with van der Waals surface area (Å²) < 4.78 is 13.9. The molecule has 14 heavy (non-hydrogen) atoms. The first-order valence-corrected chi connectivity index (χ1v) is 4.86. The molecule has 0 saturated carbocycles. The molecule has 0 bridgehead atoms. The number of nitrogens with two attached hydrogens (primary N) is 1. The van der Waals surface area contributed by atoms with Crippen LogP contribution in [-0.2, 0) is 4.79 Å². The summed E-state index contributed by atoms with van der Waals surface area (Å²) in [6.45, 7) is 0.336. The summed E-state index contributed by atoms with van der Waals surface area (Å²) in [5, 5.41) is 2.78. The van der Waals surface area contributed by atoms with Crippen LogP contribution in [0.4, 0.5) is 10.1 Å². The van der Waals surface area contributed by atoms with Crippen molar-refractivity contribution in [2.45, 2.75) is 6.42 Å². The molecule has 76 valence electrons. The fourth-order valence-electron chi connectivity index (χ4n) is 0.953. The summed E-state index contributed by atoms with van der Waals surface area (Å²) >= 11 is 3.22. The number of anilines is 1. The quantitative estimate of drug-likeness (QED) is 0.869.